The zero-order valence-corrected chi connectivity index (χ0v) is 8.28. The van der Waals surface area contributed by atoms with Crippen LogP contribution in [0.25, 0.3) is 0 Å². The molecule has 1 atom stereocenters. The Labute approximate surface area is 70.8 Å². The molecule has 0 aliphatic heterocycles. The largest absolute Gasteiger partial charge is 0.316 e. The summed E-state index contributed by atoms with van der Waals surface area (Å²) in [6, 6.07) is 0.585. The van der Waals surface area contributed by atoms with E-state index in [1.807, 2.05) is 7.05 Å². The lowest BCUT2D eigenvalue weighted by molar-refractivity contribution is 0.496. The summed E-state index contributed by atoms with van der Waals surface area (Å²) in [6.07, 6.45) is 1.27. The molecule has 0 fully saturated rings. The van der Waals surface area contributed by atoms with Gasteiger partial charge >= 0.3 is 0 Å². The molecule has 2 N–H and O–H groups in total. The number of hydrogen-bond acceptors (Lipinski definition) is 2. The van der Waals surface area contributed by atoms with Crippen molar-refractivity contribution in [3.63, 3.8) is 0 Å². The van der Waals surface area contributed by atoms with Crippen LogP contribution < -0.4 is 10.6 Å². The van der Waals surface area contributed by atoms with Crippen molar-refractivity contribution in [3.05, 3.63) is 0 Å². The zero-order chi connectivity index (χ0) is 8.69. The van der Waals surface area contributed by atoms with Crippen LogP contribution in [0.1, 0.15) is 27.2 Å². The van der Waals surface area contributed by atoms with Crippen LogP contribution in [0, 0.1) is 5.92 Å². The topological polar surface area (TPSA) is 24.1 Å². The van der Waals surface area contributed by atoms with Gasteiger partial charge in [-0.2, -0.15) is 0 Å². The molecule has 0 aromatic heterocycles. The molecule has 1 unspecified atom stereocenters. The van der Waals surface area contributed by atoms with E-state index >= 15 is 0 Å². The van der Waals surface area contributed by atoms with Gasteiger partial charge in [0.2, 0.25) is 0 Å². The van der Waals surface area contributed by atoms with Crippen LogP contribution in [0.2, 0.25) is 0 Å². The second-order valence-electron chi connectivity index (χ2n) is 3.58. The van der Waals surface area contributed by atoms with Crippen molar-refractivity contribution >= 4 is 0 Å². The standard InChI is InChI=1S/C9H22N2/c1-8(2)5-6-11-7-9(3)10-4/h8-11H,5-7H2,1-4H3. The third-order valence-electron chi connectivity index (χ3n) is 1.84. The second kappa shape index (κ2) is 6.62. The molecule has 0 bridgehead atoms. The van der Waals surface area contributed by atoms with Gasteiger partial charge in [0.25, 0.3) is 0 Å². The first kappa shape index (κ1) is 10.9. The molecule has 0 aromatic carbocycles. The molecule has 0 aliphatic carbocycles. The molecule has 0 radical (unpaired) electrons. The minimum Gasteiger partial charge on any atom is -0.316 e. The SMILES string of the molecule is CNC(C)CNCCC(C)C. The van der Waals surface area contributed by atoms with Gasteiger partial charge in [-0.3, -0.25) is 0 Å². The van der Waals surface area contributed by atoms with E-state index in [2.05, 4.69) is 31.4 Å². The molecule has 2 heteroatoms. The highest BCUT2D eigenvalue weighted by atomic mass is 14.9. The van der Waals surface area contributed by atoms with E-state index in [0.717, 1.165) is 19.0 Å². The maximum Gasteiger partial charge on any atom is 0.0161 e. The molecule has 2 nitrogen and oxygen atoms in total. The Morgan fingerprint density at radius 3 is 2.27 bits per heavy atom. The van der Waals surface area contributed by atoms with E-state index < -0.39 is 0 Å². The fourth-order valence-electron chi connectivity index (χ4n) is 0.811. The molecule has 0 rings (SSSR count). The molecule has 11 heavy (non-hydrogen) atoms. The molecule has 0 heterocycles. The highest BCUT2D eigenvalue weighted by Crippen LogP contribution is 1.95. The molecule has 0 aromatic rings. The van der Waals surface area contributed by atoms with Gasteiger partial charge in [0.05, 0.1) is 0 Å². The Morgan fingerprint density at radius 1 is 1.18 bits per heavy atom. The van der Waals surface area contributed by atoms with E-state index in [9.17, 15) is 0 Å². The average Bonchev–Trinajstić information content (AvgIpc) is 1.97. The van der Waals surface area contributed by atoms with Gasteiger partial charge in [-0.15, -0.1) is 0 Å². The van der Waals surface area contributed by atoms with Gasteiger partial charge in [-0.1, -0.05) is 13.8 Å². The first-order valence-corrected chi connectivity index (χ1v) is 4.54. The Bertz CT molecular complexity index is 81.6. The van der Waals surface area contributed by atoms with E-state index in [1.165, 1.54) is 6.42 Å². The minimum atomic E-state index is 0.585. The van der Waals surface area contributed by atoms with Crippen LogP contribution in [0.3, 0.4) is 0 Å². The van der Waals surface area contributed by atoms with Crippen LogP contribution in [-0.4, -0.2) is 26.2 Å². The lowest BCUT2D eigenvalue weighted by atomic mass is 10.1. The maximum atomic E-state index is 3.40. The summed E-state index contributed by atoms with van der Waals surface area (Å²) >= 11 is 0. The van der Waals surface area contributed by atoms with Crippen molar-refractivity contribution in [3.8, 4) is 0 Å². The van der Waals surface area contributed by atoms with Gasteiger partial charge in [0, 0.05) is 12.6 Å². The van der Waals surface area contributed by atoms with Crippen molar-refractivity contribution in [2.45, 2.75) is 33.2 Å². The fraction of sp³-hybridized carbons (Fsp3) is 1.00. The Hall–Kier alpha value is -0.0800. The molecule has 0 spiro atoms. The van der Waals surface area contributed by atoms with Crippen molar-refractivity contribution in [1.29, 1.82) is 0 Å². The van der Waals surface area contributed by atoms with Crippen LogP contribution in [0.4, 0.5) is 0 Å². The number of nitrogens with one attached hydrogen (secondary N) is 2. The van der Waals surface area contributed by atoms with Gasteiger partial charge in [-0.05, 0) is 32.9 Å². The predicted octanol–water partition coefficient (Wildman–Crippen LogP) is 1.23. The summed E-state index contributed by atoms with van der Waals surface area (Å²) in [5, 5.41) is 6.60. The van der Waals surface area contributed by atoms with E-state index in [4.69, 9.17) is 0 Å². The third kappa shape index (κ3) is 7.82. The van der Waals surface area contributed by atoms with Gasteiger partial charge < -0.3 is 10.6 Å². The summed E-state index contributed by atoms with van der Waals surface area (Å²) in [4.78, 5) is 0. The highest BCUT2D eigenvalue weighted by molar-refractivity contribution is 4.60. The number of hydrogen-bond donors (Lipinski definition) is 2. The normalized spacial score (nSPS) is 13.9. The second-order valence-corrected chi connectivity index (χ2v) is 3.58. The van der Waals surface area contributed by atoms with E-state index in [1.54, 1.807) is 0 Å². The summed E-state index contributed by atoms with van der Waals surface area (Å²) in [6.45, 7) is 8.90. The Balaban J connectivity index is 3.01. The summed E-state index contributed by atoms with van der Waals surface area (Å²) in [5.41, 5.74) is 0. The Morgan fingerprint density at radius 2 is 1.82 bits per heavy atom. The molecular weight excluding hydrogens is 136 g/mol. The molecule has 0 aliphatic rings. The smallest absolute Gasteiger partial charge is 0.0161 e. The lowest BCUT2D eigenvalue weighted by Crippen LogP contribution is -2.34. The highest BCUT2D eigenvalue weighted by Gasteiger charge is 1.96. The zero-order valence-electron chi connectivity index (χ0n) is 8.28. The predicted molar refractivity (Wildman–Crippen MR) is 50.8 cm³/mol. The van der Waals surface area contributed by atoms with E-state index in [0.29, 0.717) is 6.04 Å². The van der Waals surface area contributed by atoms with Crippen LogP contribution >= 0.6 is 0 Å². The van der Waals surface area contributed by atoms with Gasteiger partial charge in [-0.25, -0.2) is 0 Å². The quantitative estimate of drug-likeness (QED) is 0.568. The summed E-state index contributed by atoms with van der Waals surface area (Å²) < 4.78 is 0. The maximum absolute atomic E-state index is 3.40. The van der Waals surface area contributed by atoms with Crippen molar-refractivity contribution < 1.29 is 0 Å². The summed E-state index contributed by atoms with van der Waals surface area (Å²) in [5.74, 6) is 0.812. The molecule has 0 saturated carbocycles. The fourth-order valence-corrected chi connectivity index (χ4v) is 0.811. The third-order valence-corrected chi connectivity index (χ3v) is 1.84. The van der Waals surface area contributed by atoms with Crippen molar-refractivity contribution in [2.75, 3.05) is 20.1 Å². The monoisotopic (exact) mass is 158 g/mol. The Kier molecular flexibility index (Phi) is 6.57. The van der Waals surface area contributed by atoms with Crippen molar-refractivity contribution in [2.24, 2.45) is 5.92 Å². The van der Waals surface area contributed by atoms with Gasteiger partial charge in [0.15, 0.2) is 0 Å². The number of likely N-dealkylation sites (N-methyl/N-ethyl adjacent to an activating group) is 1. The number of rotatable bonds is 6. The van der Waals surface area contributed by atoms with E-state index in [-0.39, 0.29) is 0 Å². The first-order valence-electron chi connectivity index (χ1n) is 4.54. The van der Waals surface area contributed by atoms with Crippen LogP contribution in [0.5, 0.6) is 0 Å². The van der Waals surface area contributed by atoms with Crippen molar-refractivity contribution in [1.82, 2.24) is 10.6 Å². The average molecular weight is 158 g/mol. The van der Waals surface area contributed by atoms with Crippen LogP contribution in [0.15, 0.2) is 0 Å². The molecule has 68 valence electrons. The van der Waals surface area contributed by atoms with Gasteiger partial charge in [0.1, 0.15) is 0 Å². The summed E-state index contributed by atoms with van der Waals surface area (Å²) in [7, 11) is 1.99. The molecule has 0 amide bonds. The minimum absolute atomic E-state index is 0.585. The molecular formula is C9H22N2. The first-order chi connectivity index (χ1) is 5.16. The molecule has 0 saturated heterocycles. The van der Waals surface area contributed by atoms with Crippen LogP contribution in [-0.2, 0) is 0 Å². The lowest BCUT2D eigenvalue weighted by Gasteiger charge is -2.11.